The molecule has 1 aromatic carbocycles. The topological polar surface area (TPSA) is 52.7 Å². The number of halogens is 2. The van der Waals surface area contributed by atoms with E-state index in [4.69, 9.17) is 0 Å². The standard InChI is InChI=1S/C19H25F2N3O2/c20-16-8-7-14(13-17(16)21)18(25)23-9-4-10-24(12-11-23)19(26)22-15-5-2-1-3-6-15/h7-8,13,15H,1-6,9-12H2,(H,22,26). The first-order valence-electron chi connectivity index (χ1n) is 9.34. The minimum atomic E-state index is -1.03. The van der Waals surface area contributed by atoms with Crippen LogP contribution in [0.25, 0.3) is 0 Å². The summed E-state index contributed by atoms with van der Waals surface area (Å²) in [5, 5.41) is 3.10. The smallest absolute Gasteiger partial charge is 0.317 e. The Labute approximate surface area is 152 Å². The first-order valence-corrected chi connectivity index (χ1v) is 9.34. The van der Waals surface area contributed by atoms with Gasteiger partial charge in [-0.15, -0.1) is 0 Å². The highest BCUT2D eigenvalue weighted by molar-refractivity contribution is 5.94. The first-order chi connectivity index (χ1) is 12.5. The van der Waals surface area contributed by atoms with Gasteiger partial charge in [0.25, 0.3) is 5.91 Å². The van der Waals surface area contributed by atoms with Crippen LogP contribution in [-0.2, 0) is 0 Å². The van der Waals surface area contributed by atoms with Gasteiger partial charge in [0.05, 0.1) is 0 Å². The average molecular weight is 365 g/mol. The average Bonchev–Trinajstić information content (AvgIpc) is 2.90. The molecule has 142 valence electrons. The Bertz CT molecular complexity index is 662. The summed E-state index contributed by atoms with van der Waals surface area (Å²) >= 11 is 0. The number of amides is 3. The highest BCUT2D eigenvalue weighted by atomic mass is 19.2. The molecule has 0 radical (unpaired) electrons. The minimum Gasteiger partial charge on any atom is -0.337 e. The molecule has 0 aromatic heterocycles. The van der Waals surface area contributed by atoms with Crippen LogP contribution in [0.15, 0.2) is 18.2 Å². The van der Waals surface area contributed by atoms with Crippen molar-refractivity contribution in [2.75, 3.05) is 26.2 Å². The van der Waals surface area contributed by atoms with Crippen molar-refractivity contribution in [3.8, 4) is 0 Å². The molecule has 3 amide bonds. The van der Waals surface area contributed by atoms with Crippen molar-refractivity contribution in [1.29, 1.82) is 0 Å². The van der Waals surface area contributed by atoms with Crippen LogP contribution in [-0.4, -0.2) is 54.0 Å². The van der Waals surface area contributed by atoms with Crippen LogP contribution in [0.2, 0.25) is 0 Å². The molecule has 2 aliphatic rings. The quantitative estimate of drug-likeness (QED) is 0.875. The van der Waals surface area contributed by atoms with Crippen LogP contribution in [0.5, 0.6) is 0 Å². The van der Waals surface area contributed by atoms with Crippen LogP contribution in [0.4, 0.5) is 13.6 Å². The van der Waals surface area contributed by atoms with Gasteiger partial charge in [0, 0.05) is 37.8 Å². The molecule has 1 N–H and O–H groups in total. The van der Waals surface area contributed by atoms with Gasteiger partial charge in [0.2, 0.25) is 0 Å². The third-order valence-electron chi connectivity index (χ3n) is 5.17. The Morgan fingerprint density at radius 1 is 0.885 bits per heavy atom. The lowest BCUT2D eigenvalue weighted by molar-refractivity contribution is 0.0761. The monoisotopic (exact) mass is 365 g/mol. The van der Waals surface area contributed by atoms with Gasteiger partial charge in [0.15, 0.2) is 11.6 Å². The molecular formula is C19H25F2N3O2. The number of hydrogen-bond acceptors (Lipinski definition) is 2. The van der Waals surface area contributed by atoms with Crippen molar-refractivity contribution in [2.24, 2.45) is 0 Å². The molecule has 5 nitrogen and oxygen atoms in total. The molecule has 0 bridgehead atoms. The number of carbonyl (C=O) groups excluding carboxylic acids is 2. The van der Waals surface area contributed by atoms with Crippen molar-refractivity contribution in [1.82, 2.24) is 15.1 Å². The van der Waals surface area contributed by atoms with Crippen LogP contribution >= 0.6 is 0 Å². The Morgan fingerprint density at radius 2 is 1.58 bits per heavy atom. The maximum atomic E-state index is 13.4. The van der Waals surface area contributed by atoms with Crippen LogP contribution in [0.1, 0.15) is 48.9 Å². The van der Waals surface area contributed by atoms with Gasteiger partial charge in [-0.1, -0.05) is 19.3 Å². The molecule has 1 aromatic rings. The number of nitrogens with one attached hydrogen (secondary N) is 1. The molecule has 26 heavy (non-hydrogen) atoms. The van der Waals surface area contributed by atoms with E-state index in [2.05, 4.69) is 5.32 Å². The summed E-state index contributed by atoms with van der Waals surface area (Å²) in [4.78, 5) is 28.3. The number of urea groups is 1. The second-order valence-corrected chi connectivity index (χ2v) is 7.05. The second kappa shape index (κ2) is 8.47. The minimum absolute atomic E-state index is 0.0703. The largest absolute Gasteiger partial charge is 0.337 e. The molecule has 0 unspecified atom stereocenters. The summed E-state index contributed by atoms with van der Waals surface area (Å²) in [6.07, 6.45) is 6.26. The Kier molecular flexibility index (Phi) is 6.06. The Hall–Kier alpha value is -2.18. The van der Waals surface area contributed by atoms with E-state index in [9.17, 15) is 18.4 Å². The Morgan fingerprint density at radius 3 is 2.31 bits per heavy atom. The first kappa shape index (κ1) is 18.6. The third kappa shape index (κ3) is 4.51. The maximum Gasteiger partial charge on any atom is 0.317 e. The molecule has 1 heterocycles. The van der Waals surface area contributed by atoms with Crippen LogP contribution < -0.4 is 5.32 Å². The van der Waals surface area contributed by atoms with Gasteiger partial charge in [0.1, 0.15) is 0 Å². The lowest BCUT2D eigenvalue weighted by atomic mass is 9.96. The highest BCUT2D eigenvalue weighted by Crippen LogP contribution is 2.18. The predicted molar refractivity (Wildman–Crippen MR) is 93.9 cm³/mol. The fraction of sp³-hybridized carbons (Fsp3) is 0.579. The summed E-state index contributed by atoms with van der Waals surface area (Å²) in [5.41, 5.74) is 0.129. The molecule has 3 rings (SSSR count). The van der Waals surface area contributed by atoms with Gasteiger partial charge in [-0.2, -0.15) is 0 Å². The van der Waals surface area contributed by atoms with Gasteiger partial charge < -0.3 is 15.1 Å². The zero-order valence-corrected chi connectivity index (χ0v) is 14.8. The van der Waals surface area contributed by atoms with Gasteiger partial charge in [-0.05, 0) is 37.5 Å². The maximum absolute atomic E-state index is 13.4. The lowest BCUT2D eigenvalue weighted by Crippen LogP contribution is -2.46. The fourth-order valence-corrected chi connectivity index (χ4v) is 3.65. The number of hydrogen-bond donors (Lipinski definition) is 1. The van der Waals surface area contributed by atoms with E-state index in [1.165, 1.54) is 12.5 Å². The van der Waals surface area contributed by atoms with Gasteiger partial charge in [-0.25, -0.2) is 13.6 Å². The van der Waals surface area contributed by atoms with Crippen molar-refractivity contribution in [2.45, 2.75) is 44.6 Å². The van der Waals surface area contributed by atoms with E-state index in [-0.39, 0.29) is 23.5 Å². The third-order valence-corrected chi connectivity index (χ3v) is 5.17. The van der Waals surface area contributed by atoms with Crippen molar-refractivity contribution in [3.05, 3.63) is 35.4 Å². The van der Waals surface area contributed by atoms with Gasteiger partial charge >= 0.3 is 6.03 Å². The van der Waals surface area contributed by atoms with Crippen molar-refractivity contribution >= 4 is 11.9 Å². The van der Waals surface area contributed by atoms with Crippen LogP contribution in [0, 0.1) is 11.6 Å². The summed E-state index contributed by atoms with van der Waals surface area (Å²) < 4.78 is 26.4. The molecule has 0 atom stereocenters. The lowest BCUT2D eigenvalue weighted by Gasteiger charge is -2.27. The van der Waals surface area contributed by atoms with E-state index < -0.39 is 11.6 Å². The normalized spacial score (nSPS) is 19.2. The molecular weight excluding hydrogens is 340 g/mol. The molecule has 1 aliphatic carbocycles. The fourth-order valence-electron chi connectivity index (χ4n) is 3.65. The molecule has 2 fully saturated rings. The molecule has 7 heteroatoms. The second-order valence-electron chi connectivity index (χ2n) is 7.05. The summed E-state index contributed by atoms with van der Waals surface area (Å²) in [6.45, 7) is 1.90. The Balaban J connectivity index is 1.56. The predicted octanol–water partition coefficient (Wildman–Crippen LogP) is 3.16. The summed E-state index contributed by atoms with van der Waals surface area (Å²) in [7, 11) is 0. The van der Waals surface area contributed by atoms with E-state index in [1.807, 2.05) is 0 Å². The summed E-state index contributed by atoms with van der Waals surface area (Å²) in [6, 6.07) is 3.36. The van der Waals surface area contributed by atoms with E-state index in [1.54, 1.807) is 9.80 Å². The van der Waals surface area contributed by atoms with Crippen molar-refractivity contribution < 1.29 is 18.4 Å². The van der Waals surface area contributed by atoms with Crippen molar-refractivity contribution in [3.63, 3.8) is 0 Å². The summed E-state index contributed by atoms with van der Waals surface area (Å²) in [5.74, 6) is -2.33. The zero-order chi connectivity index (χ0) is 18.5. The number of rotatable bonds is 2. The van der Waals surface area contributed by atoms with Crippen LogP contribution in [0.3, 0.4) is 0 Å². The molecule has 1 aliphatic heterocycles. The highest BCUT2D eigenvalue weighted by Gasteiger charge is 2.25. The van der Waals surface area contributed by atoms with Gasteiger partial charge in [-0.3, -0.25) is 4.79 Å². The zero-order valence-electron chi connectivity index (χ0n) is 14.8. The number of nitrogens with zero attached hydrogens (tertiary/aromatic N) is 2. The molecule has 1 saturated carbocycles. The van der Waals surface area contributed by atoms with E-state index in [0.29, 0.717) is 32.6 Å². The van der Waals surface area contributed by atoms with E-state index >= 15 is 0 Å². The number of benzene rings is 1. The van der Waals surface area contributed by atoms with E-state index in [0.717, 1.165) is 37.8 Å². The molecule has 1 saturated heterocycles. The molecule has 0 spiro atoms. The number of carbonyl (C=O) groups is 2. The SMILES string of the molecule is O=C(NC1CCCCC1)N1CCCN(C(=O)c2ccc(F)c(F)c2)CC1.